The maximum absolute atomic E-state index is 14.9. The molecule has 1 aromatic carbocycles. The number of carbonyl (C=O) groups excluding carboxylic acids is 4. The summed E-state index contributed by atoms with van der Waals surface area (Å²) in [5.74, 6) is -3.01. The zero-order valence-electron chi connectivity index (χ0n) is 33.0. The van der Waals surface area contributed by atoms with Crippen molar-refractivity contribution in [1.82, 2.24) is 24.5 Å². The van der Waals surface area contributed by atoms with Crippen molar-refractivity contribution in [3.63, 3.8) is 0 Å². The van der Waals surface area contributed by atoms with Crippen molar-refractivity contribution in [2.24, 2.45) is 23.7 Å². The molecule has 2 aliphatic heterocycles. The van der Waals surface area contributed by atoms with Gasteiger partial charge in [0.25, 0.3) is 17.5 Å². The van der Waals surface area contributed by atoms with Crippen LogP contribution in [0.2, 0.25) is 0 Å². The SMILES string of the molecule is CC[C@@H]1C[C@]1(NC(=O)[C@@H]1C[C@@H]2CN1C(=O)[C@H](C1CCCC1)CC(=O)O[C@@H]1CCC[C@H]1CC/C=C/Cn1c(nc3cc(C)ccc3c1=O)O2)C(=O)NS(=O)(=O)C1CC1. The molecule has 2 N–H and O–H groups in total. The predicted molar refractivity (Wildman–Crippen MR) is 210 cm³/mol. The molecule has 15 heteroatoms. The molecule has 308 valence electrons. The number of fused-ring (bicyclic) bond motifs is 5. The monoisotopic (exact) mass is 805 g/mol. The first-order valence-electron chi connectivity index (χ1n) is 21.1. The molecule has 2 aromatic rings. The Labute approximate surface area is 333 Å². The summed E-state index contributed by atoms with van der Waals surface area (Å²) in [5, 5.41) is 2.74. The van der Waals surface area contributed by atoms with E-state index >= 15 is 0 Å². The minimum Gasteiger partial charge on any atom is -0.462 e. The third kappa shape index (κ3) is 8.09. The first kappa shape index (κ1) is 39.6. The molecule has 8 rings (SSSR count). The van der Waals surface area contributed by atoms with Gasteiger partial charge in [-0.3, -0.25) is 33.3 Å². The lowest BCUT2D eigenvalue weighted by molar-refractivity contribution is -0.156. The highest BCUT2D eigenvalue weighted by molar-refractivity contribution is 7.91. The van der Waals surface area contributed by atoms with Gasteiger partial charge >= 0.3 is 5.97 Å². The molecule has 1 saturated heterocycles. The van der Waals surface area contributed by atoms with E-state index in [0.29, 0.717) is 30.2 Å². The number of sulfonamides is 1. The predicted octanol–water partition coefficient (Wildman–Crippen LogP) is 4.20. The average Bonchev–Trinajstić information content (AvgIpc) is 3.96. The van der Waals surface area contributed by atoms with Crippen molar-refractivity contribution in [1.29, 1.82) is 0 Å². The third-order valence-corrected chi connectivity index (χ3v) is 15.3. The number of hydrogen-bond donors (Lipinski definition) is 2. The van der Waals surface area contributed by atoms with Gasteiger partial charge in [-0.15, -0.1) is 0 Å². The number of hydrogen-bond acceptors (Lipinski definition) is 10. The number of ether oxygens (including phenoxy) is 2. The van der Waals surface area contributed by atoms with Crippen LogP contribution in [0, 0.1) is 30.6 Å². The zero-order chi connectivity index (χ0) is 40.1. The van der Waals surface area contributed by atoms with Gasteiger partial charge in [-0.25, -0.2) is 8.42 Å². The topological polar surface area (TPSA) is 183 Å². The maximum atomic E-state index is 14.9. The maximum Gasteiger partial charge on any atom is 0.306 e. The van der Waals surface area contributed by atoms with E-state index in [1.165, 1.54) is 9.47 Å². The Balaban J connectivity index is 1.15. The van der Waals surface area contributed by atoms with Gasteiger partial charge in [0.1, 0.15) is 23.8 Å². The molecule has 0 spiro atoms. The normalized spacial score (nSPS) is 31.7. The molecule has 3 amide bonds. The van der Waals surface area contributed by atoms with Gasteiger partial charge in [0.2, 0.25) is 21.8 Å². The summed E-state index contributed by atoms with van der Waals surface area (Å²) in [7, 11) is -3.88. The van der Waals surface area contributed by atoms with E-state index in [4.69, 9.17) is 14.5 Å². The summed E-state index contributed by atoms with van der Waals surface area (Å²) >= 11 is 0. The first-order chi connectivity index (χ1) is 27.4. The Morgan fingerprint density at radius 2 is 1.74 bits per heavy atom. The van der Waals surface area contributed by atoms with E-state index < -0.39 is 56.7 Å². The number of carbonyl (C=O) groups is 4. The van der Waals surface area contributed by atoms with Crippen molar-refractivity contribution in [3.8, 4) is 6.01 Å². The number of amides is 3. The lowest BCUT2D eigenvalue weighted by atomic mass is 9.86. The van der Waals surface area contributed by atoms with Crippen molar-refractivity contribution in [2.45, 2.75) is 146 Å². The molecule has 5 fully saturated rings. The molecule has 14 nitrogen and oxygen atoms in total. The minimum absolute atomic E-state index is 0.0234. The lowest BCUT2D eigenvalue weighted by Crippen LogP contribution is -2.57. The highest BCUT2D eigenvalue weighted by Crippen LogP contribution is 2.47. The standard InChI is InChI=1S/C42H55N5O9S/c1-3-28-23-42(28,40(52)45-57(53,54)30-16-17-30)44-37(49)34-21-29-24-47(34)39(51)32(26-10-6-7-11-26)22-36(48)56-35-14-9-13-27(35)12-5-4-8-19-46-38(50)31-18-15-25(2)20-33(31)43-41(46)55-29/h4,8,15,18,20,26-30,32,34-35H,3,5-7,9-14,16-17,19,21-24H2,1-2H3,(H,44,49)(H,45,52)/b8-4+/t27-,28-,29-,32+,34+,35-,42-/m1/s1. The van der Waals surface area contributed by atoms with Crippen LogP contribution in [0.1, 0.15) is 109 Å². The second-order valence-corrected chi connectivity index (χ2v) is 19.3. The Hall–Kier alpha value is -4.27. The average molecular weight is 806 g/mol. The highest BCUT2D eigenvalue weighted by Gasteiger charge is 2.62. The van der Waals surface area contributed by atoms with Gasteiger partial charge in [-0.2, -0.15) is 4.98 Å². The Bertz CT molecular complexity index is 2130. The summed E-state index contributed by atoms with van der Waals surface area (Å²) in [5.41, 5.74) is -0.320. The first-order valence-corrected chi connectivity index (χ1v) is 22.6. The van der Waals surface area contributed by atoms with E-state index in [-0.39, 0.29) is 73.7 Å². The molecule has 4 saturated carbocycles. The van der Waals surface area contributed by atoms with E-state index in [0.717, 1.165) is 63.4 Å². The molecule has 3 heterocycles. The number of aromatic nitrogens is 2. The quantitative estimate of drug-likeness (QED) is 0.304. The fourth-order valence-electron chi connectivity index (χ4n) is 9.90. The van der Waals surface area contributed by atoms with Crippen LogP contribution < -0.4 is 20.3 Å². The van der Waals surface area contributed by atoms with Crippen molar-refractivity contribution in [3.05, 3.63) is 46.3 Å². The summed E-state index contributed by atoms with van der Waals surface area (Å²) in [4.78, 5) is 77.1. The highest BCUT2D eigenvalue weighted by atomic mass is 32.2. The van der Waals surface area contributed by atoms with Gasteiger partial charge in [-0.1, -0.05) is 44.4 Å². The van der Waals surface area contributed by atoms with E-state index in [9.17, 15) is 32.4 Å². The summed E-state index contributed by atoms with van der Waals surface area (Å²) in [6.45, 7) is 3.96. The van der Waals surface area contributed by atoms with Crippen LogP contribution in [0.5, 0.6) is 6.01 Å². The number of esters is 1. The Kier molecular flexibility index (Phi) is 11.0. The second-order valence-electron chi connectivity index (χ2n) is 17.4. The van der Waals surface area contributed by atoms with Gasteiger partial charge in [0.15, 0.2) is 0 Å². The number of rotatable bonds is 7. The molecular weight excluding hydrogens is 751 g/mol. The van der Waals surface area contributed by atoms with Crippen LogP contribution in [0.25, 0.3) is 10.9 Å². The Morgan fingerprint density at radius 3 is 2.47 bits per heavy atom. The Morgan fingerprint density at radius 1 is 0.965 bits per heavy atom. The molecule has 7 atom stereocenters. The van der Waals surface area contributed by atoms with Gasteiger partial charge < -0.3 is 19.7 Å². The zero-order valence-corrected chi connectivity index (χ0v) is 33.8. The number of nitrogens with one attached hydrogen (secondary N) is 2. The molecule has 1 aromatic heterocycles. The third-order valence-electron chi connectivity index (χ3n) is 13.4. The minimum atomic E-state index is -3.88. The fourth-order valence-corrected chi connectivity index (χ4v) is 11.3. The van der Waals surface area contributed by atoms with Crippen molar-refractivity contribution < 1.29 is 37.1 Å². The molecule has 0 unspecified atom stereocenters. The molecule has 0 radical (unpaired) electrons. The van der Waals surface area contributed by atoms with Gasteiger partial charge in [0, 0.05) is 13.0 Å². The number of aryl methyl sites for hydroxylation is 1. The molecule has 2 bridgehead atoms. The van der Waals surface area contributed by atoms with E-state index in [1.54, 1.807) is 6.07 Å². The smallest absolute Gasteiger partial charge is 0.306 e. The van der Waals surface area contributed by atoms with Gasteiger partial charge in [-0.05, 0) is 107 Å². The second kappa shape index (κ2) is 15.8. The van der Waals surface area contributed by atoms with Crippen LogP contribution >= 0.6 is 0 Å². The summed E-state index contributed by atoms with van der Waals surface area (Å²) < 4.78 is 42.0. The van der Waals surface area contributed by atoms with Crippen molar-refractivity contribution >= 4 is 44.6 Å². The van der Waals surface area contributed by atoms with Crippen molar-refractivity contribution in [2.75, 3.05) is 6.54 Å². The fraction of sp³-hybridized carbons (Fsp3) is 0.667. The molecule has 4 aliphatic carbocycles. The summed E-state index contributed by atoms with van der Waals surface area (Å²) in [6, 6.07) is 4.41. The van der Waals surface area contributed by atoms with Crippen LogP contribution in [-0.4, -0.2) is 82.1 Å². The molecule has 6 aliphatic rings. The molecule has 57 heavy (non-hydrogen) atoms. The van der Waals surface area contributed by atoms with Crippen LogP contribution in [0.3, 0.4) is 0 Å². The van der Waals surface area contributed by atoms with Gasteiger partial charge in [0.05, 0.1) is 35.0 Å². The van der Waals surface area contributed by atoms with E-state index in [1.807, 2.05) is 38.1 Å². The van der Waals surface area contributed by atoms with Crippen LogP contribution in [0.4, 0.5) is 0 Å². The number of nitrogens with zero attached hydrogens (tertiary/aromatic N) is 3. The number of benzene rings is 1. The lowest BCUT2D eigenvalue weighted by Gasteiger charge is -2.32. The number of allylic oxidation sites excluding steroid dienone is 2. The largest absolute Gasteiger partial charge is 0.462 e. The van der Waals surface area contributed by atoms with E-state index in [2.05, 4.69) is 10.0 Å². The van der Waals surface area contributed by atoms with Crippen LogP contribution in [0.15, 0.2) is 35.1 Å². The molecular formula is C42H55N5O9S. The van der Waals surface area contributed by atoms with Crippen LogP contribution in [-0.2, 0) is 40.5 Å². The summed E-state index contributed by atoms with van der Waals surface area (Å²) in [6.07, 6.45) is 12.3.